The molecule has 0 aromatic heterocycles. The SMILES string of the molecule is O=C(Cc1ccc(C(F)(F)F)c(F)c1)Nc1cccc2c1CCN(CC(O)Cc1ccccc1)C2. The predicted molar refractivity (Wildman–Crippen MR) is 125 cm³/mol. The number of fused-ring (bicyclic) bond motifs is 1. The van der Waals surface area contributed by atoms with Crippen LogP contribution in [0.2, 0.25) is 0 Å². The van der Waals surface area contributed by atoms with E-state index in [1.54, 1.807) is 6.07 Å². The lowest BCUT2D eigenvalue weighted by Gasteiger charge is -2.31. The molecular formula is C27H26F4N2O2. The number of carbonyl (C=O) groups excluding carboxylic acids is 1. The topological polar surface area (TPSA) is 52.6 Å². The number of hydrogen-bond acceptors (Lipinski definition) is 3. The van der Waals surface area contributed by atoms with Gasteiger partial charge in [0.1, 0.15) is 5.82 Å². The standard InChI is InChI=1S/C27H26F4N2O2/c28-24-14-19(9-10-23(24)27(29,30)31)15-26(35)32-25-8-4-7-20-16-33(12-11-22(20)25)17-21(34)13-18-5-2-1-3-6-18/h1-10,14,21,34H,11-13,15-17H2,(H,32,35). The minimum Gasteiger partial charge on any atom is -0.391 e. The summed E-state index contributed by atoms with van der Waals surface area (Å²) in [5.41, 5.74) is 2.57. The lowest BCUT2D eigenvalue weighted by molar-refractivity contribution is -0.140. The van der Waals surface area contributed by atoms with Gasteiger partial charge in [-0.25, -0.2) is 4.39 Å². The predicted octanol–water partition coefficient (Wildman–Crippen LogP) is 4.99. The number of rotatable bonds is 7. The molecular weight excluding hydrogens is 460 g/mol. The molecule has 3 aromatic carbocycles. The van der Waals surface area contributed by atoms with E-state index in [1.807, 2.05) is 42.5 Å². The van der Waals surface area contributed by atoms with Crippen molar-refractivity contribution in [3.05, 3.63) is 100 Å². The molecule has 1 unspecified atom stereocenters. The quantitative estimate of drug-likeness (QED) is 0.463. The Morgan fingerprint density at radius 3 is 2.51 bits per heavy atom. The molecule has 3 aromatic rings. The minimum atomic E-state index is -4.78. The van der Waals surface area contributed by atoms with Gasteiger partial charge in [0, 0.05) is 25.3 Å². The van der Waals surface area contributed by atoms with E-state index in [1.165, 1.54) is 0 Å². The third-order valence-corrected chi connectivity index (χ3v) is 6.11. The van der Waals surface area contributed by atoms with Crippen LogP contribution in [0.3, 0.4) is 0 Å². The number of nitrogens with one attached hydrogen (secondary N) is 1. The van der Waals surface area contributed by atoms with Crippen LogP contribution < -0.4 is 5.32 Å². The van der Waals surface area contributed by atoms with E-state index >= 15 is 0 Å². The molecule has 1 heterocycles. The number of benzene rings is 3. The number of alkyl halides is 3. The van der Waals surface area contributed by atoms with Gasteiger partial charge in [0.2, 0.25) is 5.91 Å². The summed E-state index contributed by atoms with van der Waals surface area (Å²) < 4.78 is 52.1. The molecule has 4 rings (SSSR count). The van der Waals surface area contributed by atoms with Crippen molar-refractivity contribution >= 4 is 11.6 Å². The number of aliphatic hydroxyl groups is 1. The fraction of sp³-hybridized carbons (Fsp3) is 0.296. The van der Waals surface area contributed by atoms with Gasteiger partial charge in [-0.1, -0.05) is 48.5 Å². The van der Waals surface area contributed by atoms with E-state index in [0.717, 1.165) is 35.4 Å². The largest absolute Gasteiger partial charge is 0.419 e. The molecule has 0 bridgehead atoms. The van der Waals surface area contributed by atoms with E-state index in [2.05, 4.69) is 10.2 Å². The van der Waals surface area contributed by atoms with Crippen LogP contribution in [-0.4, -0.2) is 35.1 Å². The summed E-state index contributed by atoms with van der Waals surface area (Å²) in [4.78, 5) is 14.7. The first-order valence-electron chi connectivity index (χ1n) is 11.4. The van der Waals surface area contributed by atoms with Gasteiger partial charge in [-0.3, -0.25) is 9.69 Å². The zero-order valence-corrected chi connectivity index (χ0v) is 19.0. The van der Waals surface area contributed by atoms with Crippen LogP contribution in [0, 0.1) is 5.82 Å². The Bertz CT molecular complexity index is 1180. The molecule has 1 atom stereocenters. The highest BCUT2D eigenvalue weighted by Crippen LogP contribution is 2.32. The highest BCUT2D eigenvalue weighted by atomic mass is 19.4. The maximum Gasteiger partial charge on any atom is 0.419 e. The van der Waals surface area contributed by atoms with Gasteiger partial charge in [0.25, 0.3) is 0 Å². The second-order valence-electron chi connectivity index (χ2n) is 8.81. The van der Waals surface area contributed by atoms with Gasteiger partial charge in [-0.05, 0) is 53.3 Å². The van der Waals surface area contributed by atoms with Crippen molar-refractivity contribution in [2.45, 2.75) is 38.1 Å². The van der Waals surface area contributed by atoms with Crippen molar-refractivity contribution in [3.63, 3.8) is 0 Å². The van der Waals surface area contributed by atoms with Gasteiger partial charge in [-0.2, -0.15) is 13.2 Å². The summed E-state index contributed by atoms with van der Waals surface area (Å²) in [5, 5.41) is 13.3. The Labute approximate surface area is 201 Å². The van der Waals surface area contributed by atoms with Crippen LogP contribution in [0.4, 0.5) is 23.2 Å². The fourth-order valence-corrected chi connectivity index (χ4v) is 4.47. The van der Waals surface area contributed by atoms with Gasteiger partial charge < -0.3 is 10.4 Å². The summed E-state index contributed by atoms with van der Waals surface area (Å²) in [6.45, 7) is 1.88. The van der Waals surface area contributed by atoms with Crippen LogP contribution >= 0.6 is 0 Å². The van der Waals surface area contributed by atoms with Crippen molar-refractivity contribution in [1.29, 1.82) is 0 Å². The first kappa shape index (κ1) is 24.9. The van der Waals surface area contributed by atoms with Crippen molar-refractivity contribution in [1.82, 2.24) is 4.90 Å². The molecule has 0 fully saturated rings. The molecule has 0 aliphatic carbocycles. The second kappa shape index (κ2) is 10.6. The second-order valence-corrected chi connectivity index (χ2v) is 8.81. The van der Waals surface area contributed by atoms with Crippen molar-refractivity contribution < 1.29 is 27.5 Å². The van der Waals surface area contributed by atoms with Gasteiger partial charge in [0.05, 0.1) is 18.1 Å². The number of anilines is 1. The number of halogens is 4. The Morgan fingerprint density at radius 2 is 1.80 bits per heavy atom. The van der Waals surface area contributed by atoms with E-state index < -0.39 is 29.6 Å². The highest BCUT2D eigenvalue weighted by molar-refractivity contribution is 5.93. The van der Waals surface area contributed by atoms with Crippen molar-refractivity contribution in [2.75, 3.05) is 18.4 Å². The molecule has 0 spiro atoms. The monoisotopic (exact) mass is 486 g/mol. The Morgan fingerprint density at radius 1 is 1.03 bits per heavy atom. The van der Waals surface area contributed by atoms with E-state index in [-0.39, 0.29) is 12.0 Å². The lowest BCUT2D eigenvalue weighted by Crippen LogP contribution is -2.37. The van der Waals surface area contributed by atoms with Crippen LogP contribution in [0.25, 0.3) is 0 Å². The van der Waals surface area contributed by atoms with Gasteiger partial charge in [0.15, 0.2) is 0 Å². The number of aliphatic hydroxyl groups excluding tert-OH is 1. The van der Waals surface area contributed by atoms with E-state index in [0.29, 0.717) is 37.7 Å². The highest BCUT2D eigenvalue weighted by Gasteiger charge is 2.34. The molecule has 4 nitrogen and oxygen atoms in total. The zero-order valence-electron chi connectivity index (χ0n) is 19.0. The van der Waals surface area contributed by atoms with Gasteiger partial charge in [-0.15, -0.1) is 0 Å². The summed E-state index contributed by atoms with van der Waals surface area (Å²) in [6, 6.07) is 17.9. The number of β-amino-alcohol motifs (C(OH)–C–C–N with tert-alkyl or cyclic N) is 1. The Balaban J connectivity index is 1.36. The molecule has 35 heavy (non-hydrogen) atoms. The number of carbonyl (C=O) groups is 1. The summed E-state index contributed by atoms with van der Waals surface area (Å²) in [6.07, 6.45) is -4.26. The third kappa shape index (κ3) is 6.46. The van der Waals surface area contributed by atoms with Crippen LogP contribution in [-0.2, 0) is 36.8 Å². The van der Waals surface area contributed by atoms with Crippen molar-refractivity contribution in [3.8, 4) is 0 Å². The van der Waals surface area contributed by atoms with Crippen LogP contribution in [0.5, 0.6) is 0 Å². The summed E-state index contributed by atoms with van der Waals surface area (Å²) in [7, 11) is 0. The number of nitrogens with zero attached hydrogens (tertiary/aromatic N) is 1. The van der Waals surface area contributed by atoms with Crippen molar-refractivity contribution in [2.24, 2.45) is 0 Å². The molecule has 1 aliphatic rings. The summed E-state index contributed by atoms with van der Waals surface area (Å²) in [5.74, 6) is -1.83. The normalized spacial score (nSPS) is 14.9. The lowest BCUT2D eigenvalue weighted by atomic mass is 9.97. The maximum absolute atomic E-state index is 13.8. The number of hydrogen-bond donors (Lipinski definition) is 2. The van der Waals surface area contributed by atoms with Gasteiger partial charge >= 0.3 is 6.18 Å². The Hall–Kier alpha value is -3.23. The first-order chi connectivity index (χ1) is 16.7. The average Bonchev–Trinajstić information content (AvgIpc) is 2.79. The molecule has 0 radical (unpaired) electrons. The maximum atomic E-state index is 13.8. The molecule has 0 saturated carbocycles. The molecule has 1 aliphatic heterocycles. The zero-order chi connectivity index (χ0) is 25.0. The number of amides is 1. The molecule has 8 heteroatoms. The average molecular weight is 487 g/mol. The van der Waals surface area contributed by atoms with E-state index in [4.69, 9.17) is 0 Å². The van der Waals surface area contributed by atoms with Crippen LogP contribution in [0.1, 0.15) is 27.8 Å². The molecule has 0 saturated heterocycles. The fourth-order valence-electron chi connectivity index (χ4n) is 4.47. The third-order valence-electron chi connectivity index (χ3n) is 6.11. The first-order valence-corrected chi connectivity index (χ1v) is 11.4. The minimum absolute atomic E-state index is 0.163. The molecule has 184 valence electrons. The molecule has 1 amide bonds. The van der Waals surface area contributed by atoms with Crippen LogP contribution in [0.15, 0.2) is 66.7 Å². The summed E-state index contributed by atoms with van der Waals surface area (Å²) >= 11 is 0. The smallest absolute Gasteiger partial charge is 0.391 e. The van der Waals surface area contributed by atoms with E-state index in [9.17, 15) is 27.5 Å². The molecule has 2 N–H and O–H groups in total. The Kier molecular flexibility index (Phi) is 7.52.